The van der Waals surface area contributed by atoms with Crippen molar-refractivity contribution in [2.45, 2.75) is 71.1 Å². The summed E-state index contributed by atoms with van der Waals surface area (Å²) in [5.74, 6) is -0.123. The van der Waals surface area contributed by atoms with Gasteiger partial charge in [-0.3, -0.25) is 9.52 Å². The van der Waals surface area contributed by atoms with Crippen LogP contribution in [0.4, 0.5) is 5.69 Å². The fourth-order valence-corrected chi connectivity index (χ4v) is 4.77. The monoisotopic (exact) mass is 424 g/mol. The van der Waals surface area contributed by atoms with E-state index in [2.05, 4.69) is 10.0 Å². The van der Waals surface area contributed by atoms with Crippen LogP contribution in [0.5, 0.6) is 0 Å². The van der Waals surface area contributed by atoms with Crippen molar-refractivity contribution in [1.29, 1.82) is 0 Å². The first-order chi connectivity index (χ1) is 13.6. The fourth-order valence-electron chi connectivity index (χ4n) is 3.12. The number of allylic oxidation sites excluding steroid dienone is 1. The third kappa shape index (κ3) is 6.83. The van der Waals surface area contributed by atoms with Gasteiger partial charge in [-0.2, -0.15) is 0 Å². The smallest absolute Gasteiger partial charge is 0.239 e. The van der Waals surface area contributed by atoms with Gasteiger partial charge in [0, 0.05) is 23.7 Å². The average Bonchev–Trinajstić information content (AvgIpc) is 2.66. The van der Waals surface area contributed by atoms with Crippen LogP contribution in [-0.4, -0.2) is 37.1 Å². The second-order valence-corrected chi connectivity index (χ2v) is 9.74. The van der Waals surface area contributed by atoms with E-state index in [4.69, 9.17) is 4.74 Å². The molecule has 0 bridgehead atoms. The summed E-state index contributed by atoms with van der Waals surface area (Å²) in [4.78, 5) is 11.7. The van der Waals surface area contributed by atoms with Gasteiger partial charge in [0.2, 0.25) is 15.9 Å². The van der Waals surface area contributed by atoms with Crippen molar-refractivity contribution < 1.29 is 23.1 Å². The molecule has 0 radical (unpaired) electrons. The Labute approximate surface area is 173 Å². The van der Waals surface area contributed by atoms with E-state index in [1.54, 1.807) is 44.2 Å². The van der Waals surface area contributed by atoms with Crippen LogP contribution in [0.15, 0.2) is 35.9 Å². The van der Waals surface area contributed by atoms with Crippen LogP contribution in [0.3, 0.4) is 0 Å². The van der Waals surface area contributed by atoms with Crippen molar-refractivity contribution in [3.63, 3.8) is 0 Å². The van der Waals surface area contributed by atoms with E-state index < -0.39 is 21.6 Å². The molecule has 0 aliphatic heterocycles. The minimum atomic E-state index is -3.74. The molecule has 3 N–H and O–H groups in total. The molecule has 0 heterocycles. The Morgan fingerprint density at radius 3 is 2.45 bits per heavy atom. The van der Waals surface area contributed by atoms with Gasteiger partial charge in [0.05, 0.1) is 6.10 Å². The molecule has 0 spiro atoms. The van der Waals surface area contributed by atoms with E-state index in [0.717, 1.165) is 18.4 Å². The maximum Gasteiger partial charge on any atom is 0.239 e. The molecule has 7 nitrogen and oxygen atoms in total. The van der Waals surface area contributed by atoms with E-state index in [9.17, 15) is 18.3 Å². The molecule has 2 atom stereocenters. The van der Waals surface area contributed by atoms with Crippen LogP contribution in [0, 0.1) is 5.92 Å². The summed E-state index contributed by atoms with van der Waals surface area (Å²) in [5.41, 5.74) is 1.71. The lowest BCUT2D eigenvalue weighted by molar-refractivity contribution is -0.124. The summed E-state index contributed by atoms with van der Waals surface area (Å²) in [6.45, 7) is 7.62. The largest absolute Gasteiger partial charge is 0.364 e. The van der Waals surface area contributed by atoms with E-state index in [1.165, 1.54) is 0 Å². The molecule has 2 unspecified atom stereocenters. The number of amides is 1. The Balaban J connectivity index is 2.06. The van der Waals surface area contributed by atoms with Crippen LogP contribution in [-0.2, 0) is 26.1 Å². The molecular weight excluding hydrogens is 392 g/mol. The number of carbonyl (C=O) groups is 1. The molecule has 0 aromatic heterocycles. The zero-order chi connectivity index (χ0) is 21.6. The predicted molar refractivity (Wildman–Crippen MR) is 114 cm³/mol. The number of hydrogen-bond acceptors (Lipinski definition) is 5. The average molecular weight is 425 g/mol. The number of carbonyl (C=O) groups excluding carboxylic acids is 1. The van der Waals surface area contributed by atoms with Gasteiger partial charge < -0.3 is 15.2 Å². The Kier molecular flexibility index (Phi) is 8.24. The number of nitrogens with one attached hydrogen (secondary N) is 2. The Bertz CT molecular complexity index is 816. The SMILES string of the molecule is CC(C)OC(O)C1=CCCCC1S(=O)(=O)Nc1ccc(CNC(=O)C(C)C)cc1. The quantitative estimate of drug-likeness (QED) is 0.418. The lowest BCUT2D eigenvalue weighted by Crippen LogP contribution is -2.37. The van der Waals surface area contributed by atoms with Crippen molar-refractivity contribution in [1.82, 2.24) is 5.32 Å². The minimum Gasteiger partial charge on any atom is -0.364 e. The van der Waals surface area contributed by atoms with Gasteiger partial charge in [-0.05, 0) is 50.8 Å². The van der Waals surface area contributed by atoms with Gasteiger partial charge in [-0.25, -0.2) is 8.42 Å². The summed E-state index contributed by atoms with van der Waals surface area (Å²) in [7, 11) is -3.74. The predicted octanol–water partition coefficient (Wildman–Crippen LogP) is 2.92. The van der Waals surface area contributed by atoms with Crippen molar-refractivity contribution in [2.24, 2.45) is 5.92 Å². The van der Waals surface area contributed by atoms with Crippen molar-refractivity contribution in [2.75, 3.05) is 4.72 Å². The second-order valence-electron chi connectivity index (χ2n) is 7.88. The molecule has 162 valence electrons. The topological polar surface area (TPSA) is 105 Å². The summed E-state index contributed by atoms with van der Waals surface area (Å²) in [6, 6.07) is 6.88. The van der Waals surface area contributed by atoms with Crippen LogP contribution in [0.2, 0.25) is 0 Å². The van der Waals surface area contributed by atoms with E-state index in [0.29, 0.717) is 24.2 Å². The van der Waals surface area contributed by atoms with Gasteiger partial charge in [-0.15, -0.1) is 0 Å². The molecule has 1 aromatic rings. The van der Waals surface area contributed by atoms with Crippen LogP contribution < -0.4 is 10.0 Å². The van der Waals surface area contributed by atoms with Gasteiger partial charge in [0.1, 0.15) is 5.25 Å². The molecule has 1 aromatic carbocycles. The van der Waals surface area contributed by atoms with Crippen molar-refractivity contribution in [3.05, 3.63) is 41.5 Å². The highest BCUT2D eigenvalue weighted by Crippen LogP contribution is 2.29. The number of ether oxygens (including phenoxy) is 1. The first-order valence-electron chi connectivity index (χ1n) is 10.0. The number of hydrogen-bond donors (Lipinski definition) is 3. The molecule has 8 heteroatoms. The number of benzene rings is 1. The third-order valence-corrected chi connectivity index (χ3v) is 6.47. The van der Waals surface area contributed by atoms with Gasteiger partial charge in [0.25, 0.3) is 0 Å². The first kappa shape index (κ1) is 23.4. The standard InChI is InChI=1S/C21H32N2O5S/c1-14(2)20(24)22-13-16-9-11-17(12-10-16)23-29(26,27)19-8-6-5-7-18(19)21(25)28-15(3)4/h7,9-12,14-15,19,21,23,25H,5-6,8,13H2,1-4H3,(H,22,24). The lowest BCUT2D eigenvalue weighted by atomic mass is 9.98. The highest BCUT2D eigenvalue weighted by Gasteiger charge is 2.34. The molecule has 1 aliphatic carbocycles. The number of aliphatic hydroxyl groups is 1. The van der Waals surface area contributed by atoms with E-state index in [-0.39, 0.29) is 17.9 Å². The molecule has 1 amide bonds. The molecule has 0 saturated carbocycles. The fraction of sp³-hybridized carbons (Fsp3) is 0.571. The number of anilines is 1. The van der Waals surface area contributed by atoms with Crippen LogP contribution in [0.25, 0.3) is 0 Å². The van der Waals surface area contributed by atoms with Gasteiger partial charge in [0.15, 0.2) is 6.29 Å². The molecular formula is C21H32N2O5S. The maximum atomic E-state index is 13.0. The van der Waals surface area contributed by atoms with Crippen molar-refractivity contribution in [3.8, 4) is 0 Å². The Morgan fingerprint density at radius 1 is 1.21 bits per heavy atom. The summed E-state index contributed by atoms with van der Waals surface area (Å²) >= 11 is 0. The normalized spacial score (nSPS) is 18.4. The Hall–Kier alpha value is -1.90. The van der Waals surface area contributed by atoms with Gasteiger partial charge >= 0.3 is 0 Å². The number of rotatable bonds is 9. The second kappa shape index (κ2) is 10.2. The Morgan fingerprint density at radius 2 is 1.86 bits per heavy atom. The summed E-state index contributed by atoms with van der Waals surface area (Å²) in [5, 5.41) is 12.3. The zero-order valence-corrected chi connectivity index (χ0v) is 18.3. The first-order valence-corrected chi connectivity index (χ1v) is 11.6. The van der Waals surface area contributed by atoms with Crippen LogP contribution >= 0.6 is 0 Å². The van der Waals surface area contributed by atoms with E-state index in [1.807, 2.05) is 13.8 Å². The highest BCUT2D eigenvalue weighted by atomic mass is 32.2. The summed E-state index contributed by atoms with van der Waals surface area (Å²) in [6.07, 6.45) is 2.20. The lowest BCUT2D eigenvalue weighted by Gasteiger charge is -2.28. The minimum absolute atomic E-state index is 0.0337. The number of aliphatic hydroxyl groups excluding tert-OH is 1. The maximum absolute atomic E-state index is 13.0. The summed E-state index contributed by atoms with van der Waals surface area (Å²) < 4.78 is 33.9. The van der Waals surface area contributed by atoms with E-state index >= 15 is 0 Å². The zero-order valence-electron chi connectivity index (χ0n) is 17.5. The van der Waals surface area contributed by atoms with Crippen LogP contribution in [0.1, 0.15) is 52.5 Å². The molecule has 0 fully saturated rings. The molecule has 2 rings (SSSR count). The third-order valence-electron chi connectivity index (χ3n) is 4.69. The number of sulfonamides is 1. The molecule has 29 heavy (non-hydrogen) atoms. The molecule has 1 aliphatic rings. The van der Waals surface area contributed by atoms with Gasteiger partial charge in [-0.1, -0.05) is 32.1 Å². The van der Waals surface area contributed by atoms with Crippen molar-refractivity contribution >= 4 is 21.6 Å². The molecule has 0 saturated heterocycles. The highest BCUT2D eigenvalue weighted by molar-refractivity contribution is 7.93.